The molecular formula is C25H29N3O4. The summed E-state index contributed by atoms with van der Waals surface area (Å²) < 4.78 is 5.41. The van der Waals surface area contributed by atoms with Crippen LogP contribution in [0, 0.1) is 0 Å². The molecule has 0 bridgehead atoms. The van der Waals surface area contributed by atoms with Crippen LogP contribution in [-0.4, -0.2) is 36.0 Å². The largest absolute Gasteiger partial charge is 0.459 e. The summed E-state index contributed by atoms with van der Waals surface area (Å²) in [4.78, 5) is 39.0. The second kappa shape index (κ2) is 9.68. The van der Waals surface area contributed by atoms with E-state index in [1.165, 1.54) is 10.5 Å². The van der Waals surface area contributed by atoms with Gasteiger partial charge in [0.1, 0.15) is 0 Å². The molecule has 0 saturated carbocycles. The molecule has 1 aliphatic heterocycles. The maximum Gasteiger partial charge on any atom is 0.338 e. The zero-order valence-corrected chi connectivity index (χ0v) is 19.1. The fourth-order valence-corrected chi connectivity index (χ4v) is 3.48. The van der Waals surface area contributed by atoms with Crippen LogP contribution < -0.4 is 10.6 Å². The van der Waals surface area contributed by atoms with Crippen molar-refractivity contribution in [2.45, 2.75) is 46.3 Å². The van der Waals surface area contributed by atoms with Gasteiger partial charge in [0.15, 0.2) is 0 Å². The Morgan fingerprint density at radius 3 is 2.28 bits per heavy atom. The first-order valence-electron chi connectivity index (χ1n) is 10.7. The third-order valence-corrected chi connectivity index (χ3v) is 5.44. The van der Waals surface area contributed by atoms with Crippen LogP contribution in [0.15, 0.2) is 59.8 Å². The molecular weight excluding hydrogens is 406 g/mol. The van der Waals surface area contributed by atoms with Gasteiger partial charge in [-0.1, -0.05) is 31.2 Å². The van der Waals surface area contributed by atoms with Crippen LogP contribution in [-0.2, 0) is 16.0 Å². The Morgan fingerprint density at radius 2 is 1.72 bits per heavy atom. The molecule has 3 amide bonds. The van der Waals surface area contributed by atoms with E-state index in [1.54, 1.807) is 64.2 Å². The van der Waals surface area contributed by atoms with Crippen LogP contribution in [0.25, 0.3) is 0 Å². The molecule has 0 radical (unpaired) electrons. The molecule has 0 fully saturated rings. The topological polar surface area (TPSA) is 87.7 Å². The van der Waals surface area contributed by atoms with Gasteiger partial charge in [0.25, 0.3) is 5.91 Å². The highest BCUT2D eigenvalue weighted by molar-refractivity contribution is 6.04. The molecule has 2 aromatic carbocycles. The summed E-state index contributed by atoms with van der Waals surface area (Å²) in [5.74, 6) is -0.674. The molecule has 1 heterocycles. The van der Waals surface area contributed by atoms with E-state index in [1.807, 2.05) is 12.1 Å². The van der Waals surface area contributed by atoms with E-state index in [4.69, 9.17) is 4.74 Å². The lowest BCUT2D eigenvalue weighted by atomic mass is 9.95. The smallest absolute Gasteiger partial charge is 0.338 e. The number of nitrogens with zero attached hydrogens (tertiary/aromatic N) is 1. The van der Waals surface area contributed by atoms with Crippen molar-refractivity contribution >= 4 is 23.6 Å². The van der Waals surface area contributed by atoms with Crippen LogP contribution in [0.4, 0.5) is 10.5 Å². The van der Waals surface area contributed by atoms with Crippen molar-refractivity contribution in [2.24, 2.45) is 0 Å². The number of hydrogen-bond acceptors (Lipinski definition) is 4. The molecule has 0 aliphatic carbocycles. The lowest BCUT2D eigenvalue weighted by molar-refractivity contribution is -0.143. The van der Waals surface area contributed by atoms with E-state index < -0.39 is 12.0 Å². The fourth-order valence-electron chi connectivity index (χ4n) is 3.48. The molecule has 1 aliphatic rings. The fraction of sp³-hybridized carbons (Fsp3) is 0.320. The number of urea groups is 1. The Hall–Kier alpha value is -3.61. The maximum atomic E-state index is 12.8. The summed E-state index contributed by atoms with van der Waals surface area (Å²) in [5.41, 5.74) is 4.00. The Kier molecular flexibility index (Phi) is 6.98. The van der Waals surface area contributed by atoms with Crippen LogP contribution >= 0.6 is 0 Å². The molecule has 0 spiro atoms. The van der Waals surface area contributed by atoms with Gasteiger partial charge in [-0.3, -0.25) is 4.79 Å². The molecule has 3 rings (SSSR count). The van der Waals surface area contributed by atoms with Crippen molar-refractivity contribution < 1.29 is 19.1 Å². The monoisotopic (exact) mass is 435 g/mol. The Bertz CT molecular complexity index is 1040. The molecule has 7 heteroatoms. The maximum absolute atomic E-state index is 12.8. The predicted octanol–water partition coefficient (Wildman–Crippen LogP) is 4.42. The van der Waals surface area contributed by atoms with E-state index in [0.717, 1.165) is 6.42 Å². The third-order valence-electron chi connectivity index (χ3n) is 5.44. The number of allylic oxidation sites excluding steroid dienone is 1. The van der Waals surface area contributed by atoms with E-state index in [-0.39, 0.29) is 18.0 Å². The highest BCUT2D eigenvalue weighted by Gasteiger charge is 2.35. The molecule has 7 nitrogen and oxygen atoms in total. The average molecular weight is 436 g/mol. The van der Waals surface area contributed by atoms with E-state index in [0.29, 0.717) is 28.1 Å². The van der Waals surface area contributed by atoms with Gasteiger partial charge in [0, 0.05) is 24.0 Å². The number of ether oxygens (including phenoxy) is 1. The molecule has 1 atom stereocenters. The van der Waals surface area contributed by atoms with Gasteiger partial charge < -0.3 is 20.3 Å². The van der Waals surface area contributed by atoms with Crippen LogP contribution in [0.5, 0.6) is 0 Å². The van der Waals surface area contributed by atoms with E-state index >= 15 is 0 Å². The van der Waals surface area contributed by atoms with Gasteiger partial charge in [-0.2, -0.15) is 0 Å². The third kappa shape index (κ3) is 4.99. The standard InChI is InChI=1S/C25H29N3O4/c1-6-17-7-9-19(10-8-17)23(29)26-20-13-11-18(12-14-20)22-21(24(30)32-15(2)3)16(4)28(5)25(31)27-22/h7-15,22H,6H2,1-5H3,(H,26,29)(H,27,31). The Balaban J connectivity index is 1.81. The molecule has 168 valence electrons. The van der Waals surface area contributed by atoms with E-state index in [2.05, 4.69) is 17.6 Å². The minimum Gasteiger partial charge on any atom is -0.459 e. The molecule has 0 saturated heterocycles. The second-order valence-electron chi connectivity index (χ2n) is 8.02. The van der Waals surface area contributed by atoms with Crippen LogP contribution in [0.1, 0.15) is 55.2 Å². The predicted molar refractivity (Wildman–Crippen MR) is 123 cm³/mol. The van der Waals surface area contributed by atoms with Crippen LogP contribution in [0.2, 0.25) is 0 Å². The molecule has 1 unspecified atom stereocenters. The number of carbonyl (C=O) groups excluding carboxylic acids is 3. The van der Waals surface area contributed by atoms with E-state index in [9.17, 15) is 14.4 Å². The number of benzene rings is 2. The summed E-state index contributed by atoms with van der Waals surface area (Å²) in [6.07, 6.45) is 0.632. The van der Waals surface area contributed by atoms with Crippen molar-refractivity contribution in [1.29, 1.82) is 0 Å². The Labute approximate surface area is 188 Å². The zero-order valence-electron chi connectivity index (χ0n) is 19.1. The normalized spacial score (nSPS) is 16.1. The van der Waals surface area contributed by atoms with Gasteiger partial charge in [-0.25, -0.2) is 9.59 Å². The van der Waals surface area contributed by atoms with Gasteiger partial charge in [0.2, 0.25) is 0 Å². The Morgan fingerprint density at radius 1 is 1.09 bits per heavy atom. The first kappa shape index (κ1) is 23.1. The average Bonchev–Trinajstić information content (AvgIpc) is 2.77. The number of rotatable bonds is 6. The van der Waals surface area contributed by atoms with Gasteiger partial charge in [-0.05, 0) is 62.6 Å². The SMILES string of the molecule is CCc1ccc(C(=O)Nc2ccc(C3NC(=O)N(C)C(C)=C3C(=O)OC(C)C)cc2)cc1. The van der Waals surface area contributed by atoms with Crippen molar-refractivity contribution in [1.82, 2.24) is 10.2 Å². The number of nitrogens with one attached hydrogen (secondary N) is 2. The van der Waals surface area contributed by atoms with Crippen molar-refractivity contribution in [3.05, 3.63) is 76.5 Å². The summed E-state index contributed by atoms with van der Waals surface area (Å²) >= 11 is 0. The highest BCUT2D eigenvalue weighted by atomic mass is 16.5. The zero-order chi connectivity index (χ0) is 23.4. The first-order valence-corrected chi connectivity index (χ1v) is 10.7. The summed E-state index contributed by atoms with van der Waals surface area (Å²) in [5, 5.41) is 5.73. The number of aryl methyl sites for hydroxylation is 1. The lowest BCUT2D eigenvalue weighted by Crippen LogP contribution is -2.46. The first-order chi connectivity index (χ1) is 15.2. The lowest BCUT2D eigenvalue weighted by Gasteiger charge is -2.33. The quantitative estimate of drug-likeness (QED) is 0.658. The number of esters is 1. The molecule has 2 N–H and O–H groups in total. The van der Waals surface area contributed by atoms with Crippen molar-refractivity contribution in [2.75, 3.05) is 12.4 Å². The van der Waals surface area contributed by atoms with Crippen molar-refractivity contribution in [3.8, 4) is 0 Å². The number of amides is 3. The number of carbonyl (C=O) groups is 3. The second-order valence-corrected chi connectivity index (χ2v) is 8.02. The number of hydrogen-bond donors (Lipinski definition) is 2. The summed E-state index contributed by atoms with van der Waals surface area (Å²) in [6.45, 7) is 7.34. The minimum atomic E-state index is -0.642. The highest BCUT2D eigenvalue weighted by Crippen LogP contribution is 2.31. The van der Waals surface area contributed by atoms with Crippen LogP contribution in [0.3, 0.4) is 0 Å². The van der Waals surface area contributed by atoms with Gasteiger partial charge in [0.05, 0.1) is 17.7 Å². The molecule has 0 aromatic heterocycles. The molecule has 2 aromatic rings. The van der Waals surface area contributed by atoms with Gasteiger partial charge in [-0.15, -0.1) is 0 Å². The minimum absolute atomic E-state index is 0.204. The number of anilines is 1. The summed E-state index contributed by atoms with van der Waals surface area (Å²) in [6, 6.07) is 13.6. The van der Waals surface area contributed by atoms with Crippen molar-refractivity contribution in [3.63, 3.8) is 0 Å². The summed E-state index contributed by atoms with van der Waals surface area (Å²) in [7, 11) is 1.61. The van der Waals surface area contributed by atoms with Gasteiger partial charge >= 0.3 is 12.0 Å². The molecule has 32 heavy (non-hydrogen) atoms.